The molecular weight excluding hydrogens is 621 g/mol. The minimum atomic E-state index is -5.97. The molecule has 0 bridgehead atoms. The molecule has 0 atom stereocenters. The van der Waals surface area contributed by atoms with Gasteiger partial charge in [-0.05, 0) is 67.8 Å². The van der Waals surface area contributed by atoms with Crippen molar-refractivity contribution in [1.29, 1.82) is 0 Å². The lowest BCUT2D eigenvalue weighted by Gasteiger charge is -2.61. The number of hydrogen-bond acceptors (Lipinski definition) is 4. The first-order valence-corrected chi connectivity index (χ1v) is 16.5. The highest BCUT2D eigenvalue weighted by atomic mass is 32.2. The first kappa shape index (κ1) is 26.8. The van der Waals surface area contributed by atoms with Gasteiger partial charge in [0.15, 0.2) is 11.3 Å². The zero-order chi connectivity index (χ0) is 31.9. The fourth-order valence-corrected chi connectivity index (χ4v) is 9.48. The van der Waals surface area contributed by atoms with Gasteiger partial charge in [0.05, 0.1) is 10.8 Å². The lowest BCUT2D eigenvalue weighted by atomic mass is 9.39. The van der Waals surface area contributed by atoms with E-state index in [0.717, 1.165) is 55.6 Å². The first-order valence-electron chi connectivity index (χ1n) is 15.1. The highest BCUT2D eigenvalue weighted by molar-refractivity contribution is 7.88. The van der Waals surface area contributed by atoms with E-state index in [0.29, 0.717) is 16.4 Å². The number of alkyl halides is 3. The van der Waals surface area contributed by atoms with Gasteiger partial charge in [0.2, 0.25) is 0 Å². The van der Waals surface area contributed by atoms with Gasteiger partial charge < -0.3 is 8.60 Å². The van der Waals surface area contributed by atoms with Gasteiger partial charge in [-0.15, -0.1) is 0 Å². The molecule has 0 radical (unpaired) electrons. The zero-order valence-corrected chi connectivity index (χ0v) is 25.1. The summed E-state index contributed by atoms with van der Waals surface area (Å²) in [6.07, 6.45) is 0. The summed E-state index contributed by atoms with van der Waals surface area (Å²) in [5.41, 5.74) is 3.17. The van der Waals surface area contributed by atoms with Crippen LogP contribution >= 0.6 is 0 Å². The van der Waals surface area contributed by atoms with E-state index in [2.05, 4.69) is 66.7 Å². The van der Waals surface area contributed by atoms with Crippen LogP contribution in [0.3, 0.4) is 0 Å². The SMILES string of the molecule is O=S(=O)(Oc1ccc2c3c1oc1cccc(c13)C13c4ccccc4-c4ccccc4C21c1ccccc1-c1ccccc13)C(F)(F)F. The molecule has 228 valence electrons. The molecule has 0 spiro atoms. The Bertz CT molecular complexity index is 2540. The van der Waals surface area contributed by atoms with Crippen LogP contribution in [0.2, 0.25) is 0 Å². The van der Waals surface area contributed by atoms with Crippen LogP contribution in [0.25, 0.3) is 44.2 Å². The molecule has 6 aromatic carbocycles. The predicted molar refractivity (Wildman–Crippen MR) is 173 cm³/mol. The van der Waals surface area contributed by atoms with E-state index in [-0.39, 0.29) is 5.58 Å². The van der Waals surface area contributed by atoms with Crippen LogP contribution in [0.1, 0.15) is 33.4 Å². The van der Waals surface area contributed by atoms with Crippen molar-refractivity contribution in [3.05, 3.63) is 161 Å². The van der Waals surface area contributed by atoms with Crippen molar-refractivity contribution < 1.29 is 30.2 Å². The molecule has 4 nitrogen and oxygen atoms in total. The largest absolute Gasteiger partial charge is 0.534 e. The van der Waals surface area contributed by atoms with E-state index < -0.39 is 32.2 Å². The number of benzene rings is 6. The lowest BCUT2D eigenvalue weighted by Crippen LogP contribution is -2.57. The minimum absolute atomic E-state index is 0.0478. The quantitative estimate of drug-likeness (QED) is 0.139. The van der Waals surface area contributed by atoms with Gasteiger partial charge in [-0.1, -0.05) is 115 Å². The summed E-state index contributed by atoms with van der Waals surface area (Å²) in [7, 11) is -5.97. The molecule has 8 heteroatoms. The minimum Gasteiger partial charge on any atom is -0.452 e. The highest BCUT2D eigenvalue weighted by Gasteiger charge is 2.66. The molecule has 0 amide bonds. The third kappa shape index (κ3) is 2.90. The zero-order valence-electron chi connectivity index (χ0n) is 24.3. The van der Waals surface area contributed by atoms with Crippen LogP contribution in [0, 0.1) is 0 Å². The molecule has 0 aliphatic heterocycles. The predicted octanol–water partition coefficient (Wildman–Crippen LogP) is 9.46. The molecule has 3 aliphatic rings. The van der Waals surface area contributed by atoms with Crippen molar-refractivity contribution in [1.82, 2.24) is 0 Å². The maximum atomic E-state index is 13.6. The van der Waals surface area contributed by atoms with Crippen LogP contribution in [-0.4, -0.2) is 13.9 Å². The Morgan fingerprint density at radius 1 is 0.511 bits per heavy atom. The second-order valence-corrected chi connectivity index (χ2v) is 13.8. The van der Waals surface area contributed by atoms with Gasteiger partial charge in [-0.25, -0.2) is 0 Å². The maximum absolute atomic E-state index is 13.6. The van der Waals surface area contributed by atoms with Gasteiger partial charge in [-0.2, -0.15) is 21.6 Å². The number of halogens is 3. The molecule has 0 N–H and O–H groups in total. The normalized spacial score (nSPS) is 20.1. The van der Waals surface area contributed by atoms with E-state index in [4.69, 9.17) is 8.60 Å². The summed E-state index contributed by atoms with van der Waals surface area (Å²) in [4.78, 5) is 0. The summed E-state index contributed by atoms with van der Waals surface area (Å²) in [5, 5.41) is 1.25. The maximum Gasteiger partial charge on any atom is 0.534 e. The Morgan fingerprint density at radius 3 is 1.40 bits per heavy atom. The number of hydrogen-bond donors (Lipinski definition) is 0. The fraction of sp³-hybridized carbons (Fsp3) is 0.0769. The van der Waals surface area contributed by atoms with E-state index in [9.17, 15) is 21.6 Å². The average molecular weight is 643 g/mol. The van der Waals surface area contributed by atoms with Crippen LogP contribution in [0.4, 0.5) is 13.2 Å². The lowest BCUT2D eigenvalue weighted by molar-refractivity contribution is -0.0499. The standard InChI is InChI=1S/C39H21F3O4S/c40-39(41,42)47(43,44)46-33-21-20-31-35-34-30(18-9-19-32(34)45-36(33)35)37-26-14-5-1-10-22(26)24-12-3-7-16-28(24)38(31,37)29-17-8-4-13-25(29)23-11-2-6-15-27(23)37/h1-21H. The van der Waals surface area contributed by atoms with Crippen LogP contribution < -0.4 is 4.18 Å². The van der Waals surface area contributed by atoms with Crippen LogP contribution in [0.15, 0.2) is 132 Å². The monoisotopic (exact) mass is 642 g/mol. The Morgan fingerprint density at radius 2 is 0.936 bits per heavy atom. The Hall–Kier alpha value is -5.34. The van der Waals surface area contributed by atoms with Crippen molar-refractivity contribution in [3.63, 3.8) is 0 Å². The fourth-order valence-electron chi connectivity index (χ4n) is 9.02. The molecule has 3 aliphatic carbocycles. The summed E-state index contributed by atoms with van der Waals surface area (Å²) in [5.74, 6) is -0.513. The van der Waals surface area contributed by atoms with E-state index >= 15 is 0 Å². The second kappa shape index (κ2) is 8.52. The van der Waals surface area contributed by atoms with Gasteiger partial charge in [0.1, 0.15) is 5.58 Å². The van der Waals surface area contributed by atoms with Crippen molar-refractivity contribution in [2.24, 2.45) is 0 Å². The molecule has 1 heterocycles. The van der Waals surface area contributed by atoms with Crippen molar-refractivity contribution in [2.45, 2.75) is 16.3 Å². The molecule has 1 aromatic heterocycles. The molecule has 0 unspecified atom stereocenters. The number of rotatable bonds is 2. The van der Waals surface area contributed by atoms with Crippen molar-refractivity contribution in [2.75, 3.05) is 0 Å². The highest BCUT2D eigenvalue weighted by Crippen LogP contribution is 2.73. The number of furan rings is 1. The molecule has 10 rings (SSSR count). The van der Waals surface area contributed by atoms with Crippen LogP contribution in [-0.2, 0) is 20.9 Å². The van der Waals surface area contributed by atoms with Gasteiger partial charge in [-0.3, -0.25) is 0 Å². The van der Waals surface area contributed by atoms with Gasteiger partial charge >= 0.3 is 15.6 Å². The summed E-state index contributed by atoms with van der Waals surface area (Å²) in [6.45, 7) is 0. The first-order chi connectivity index (χ1) is 22.7. The van der Waals surface area contributed by atoms with E-state index in [1.807, 2.05) is 42.5 Å². The summed E-state index contributed by atoms with van der Waals surface area (Å²) < 4.78 is 76.5. The average Bonchev–Trinajstić information content (AvgIpc) is 3.48. The second-order valence-electron chi connectivity index (χ2n) is 12.3. The Labute approximate surface area is 266 Å². The Kier molecular flexibility index (Phi) is 4.86. The van der Waals surface area contributed by atoms with E-state index in [1.165, 1.54) is 6.07 Å². The third-order valence-electron chi connectivity index (χ3n) is 10.4. The molecule has 0 saturated carbocycles. The van der Waals surface area contributed by atoms with Gasteiger partial charge in [0, 0.05) is 10.8 Å². The topological polar surface area (TPSA) is 56.5 Å². The smallest absolute Gasteiger partial charge is 0.452 e. The molecule has 47 heavy (non-hydrogen) atoms. The van der Waals surface area contributed by atoms with Crippen molar-refractivity contribution in [3.8, 4) is 28.0 Å². The molecule has 0 fully saturated rings. The molecule has 7 aromatic rings. The van der Waals surface area contributed by atoms with Gasteiger partial charge in [0.25, 0.3) is 0 Å². The summed E-state index contributed by atoms with van der Waals surface area (Å²) in [6, 6.07) is 42.2. The summed E-state index contributed by atoms with van der Waals surface area (Å²) >= 11 is 0. The number of fused-ring (bicyclic) bond motifs is 6. The third-order valence-corrected chi connectivity index (χ3v) is 11.3. The van der Waals surface area contributed by atoms with Crippen LogP contribution in [0.5, 0.6) is 5.75 Å². The molecular formula is C39H21F3O4S. The van der Waals surface area contributed by atoms with E-state index in [1.54, 1.807) is 12.1 Å². The van der Waals surface area contributed by atoms with Crippen molar-refractivity contribution >= 4 is 32.1 Å². The Balaban J connectivity index is 1.50. The molecule has 0 saturated heterocycles.